The number of aryl methyl sites for hydroxylation is 1. The van der Waals surface area contributed by atoms with Crippen LogP contribution >= 0.6 is 0 Å². The minimum atomic E-state index is -0.211. The van der Waals surface area contributed by atoms with Gasteiger partial charge in [-0.15, -0.1) is 0 Å². The van der Waals surface area contributed by atoms with E-state index >= 15 is 0 Å². The Labute approximate surface area is 165 Å². The van der Waals surface area contributed by atoms with E-state index in [-0.39, 0.29) is 12.0 Å². The number of hydrogen-bond donors (Lipinski definition) is 2. The molecule has 0 atom stereocenters. The van der Waals surface area contributed by atoms with E-state index in [2.05, 4.69) is 28.6 Å². The van der Waals surface area contributed by atoms with Crippen LogP contribution in [0, 0.1) is 0 Å². The highest BCUT2D eigenvalue weighted by Gasteiger charge is 2.09. The monoisotopic (exact) mass is 375 g/mol. The van der Waals surface area contributed by atoms with Crippen molar-refractivity contribution in [1.82, 2.24) is 4.98 Å². The molecule has 1 amide bonds. The van der Waals surface area contributed by atoms with Gasteiger partial charge in [-0.3, -0.25) is 9.78 Å². The summed E-state index contributed by atoms with van der Waals surface area (Å²) < 4.78 is 5.62. The second-order valence-corrected chi connectivity index (χ2v) is 6.74. The van der Waals surface area contributed by atoms with Crippen LogP contribution < -0.4 is 15.4 Å². The van der Waals surface area contributed by atoms with Gasteiger partial charge in [-0.05, 0) is 62.2 Å². The van der Waals surface area contributed by atoms with Crippen LogP contribution in [-0.2, 0) is 6.42 Å². The highest BCUT2D eigenvalue weighted by Crippen LogP contribution is 2.22. The van der Waals surface area contributed by atoms with Gasteiger partial charge in [0, 0.05) is 17.6 Å². The van der Waals surface area contributed by atoms with Gasteiger partial charge in [0.25, 0.3) is 5.91 Å². The first kappa shape index (κ1) is 19.4. The quantitative estimate of drug-likeness (QED) is 0.578. The zero-order valence-electron chi connectivity index (χ0n) is 16.4. The third-order valence-electron chi connectivity index (χ3n) is 4.16. The van der Waals surface area contributed by atoms with Gasteiger partial charge in [-0.2, -0.15) is 0 Å². The molecule has 1 aromatic heterocycles. The van der Waals surface area contributed by atoms with Gasteiger partial charge in [0.05, 0.1) is 23.6 Å². The molecule has 0 aliphatic carbocycles. The van der Waals surface area contributed by atoms with Crippen LogP contribution in [0.15, 0.2) is 67.0 Å². The number of aromatic nitrogens is 1. The minimum absolute atomic E-state index is 0.111. The van der Waals surface area contributed by atoms with Crippen LogP contribution in [0.25, 0.3) is 0 Å². The normalized spacial score (nSPS) is 10.6. The van der Waals surface area contributed by atoms with Crippen molar-refractivity contribution >= 4 is 23.0 Å². The van der Waals surface area contributed by atoms with Crippen LogP contribution in [0.1, 0.15) is 36.7 Å². The molecule has 3 aromatic rings. The number of amides is 1. The lowest BCUT2D eigenvalue weighted by molar-refractivity contribution is 0.102. The first-order valence-corrected chi connectivity index (χ1v) is 9.43. The van der Waals surface area contributed by atoms with Gasteiger partial charge < -0.3 is 15.4 Å². The molecule has 0 spiro atoms. The second kappa shape index (κ2) is 9.04. The van der Waals surface area contributed by atoms with E-state index in [0.717, 1.165) is 23.5 Å². The van der Waals surface area contributed by atoms with Gasteiger partial charge in [0.15, 0.2) is 0 Å². The number of anilines is 3. The van der Waals surface area contributed by atoms with E-state index in [4.69, 9.17) is 4.74 Å². The molecule has 5 heteroatoms. The van der Waals surface area contributed by atoms with E-state index in [9.17, 15) is 4.79 Å². The molecule has 5 nitrogen and oxygen atoms in total. The SMILES string of the molecule is CCc1ccccc1Nc1cncc(C(=O)Nc2ccc(OC(C)C)cc2)c1. The molecule has 2 aromatic carbocycles. The lowest BCUT2D eigenvalue weighted by Gasteiger charge is -2.12. The average molecular weight is 375 g/mol. The van der Waals surface area contributed by atoms with Crippen molar-refractivity contribution in [3.05, 3.63) is 78.1 Å². The Morgan fingerprint density at radius 3 is 2.50 bits per heavy atom. The fourth-order valence-electron chi connectivity index (χ4n) is 2.83. The number of carbonyl (C=O) groups is 1. The fraction of sp³-hybridized carbons (Fsp3) is 0.217. The van der Waals surface area contributed by atoms with Crippen LogP contribution in [0.3, 0.4) is 0 Å². The third-order valence-corrected chi connectivity index (χ3v) is 4.16. The Morgan fingerprint density at radius 1 is 1.04 bits per heavy atom. The van der Waals surface area contributed by atoms with Crippen LogP contribution in [0.2, 0.25) is 0 Å². The maximum Gasteiger partial charge on any atom is 0.257 e. The number of para-hydroxylation sites is 1. The number of carbonyl (C=O) groups excluding carboxylic acids is 1. The highest BCUT2D eigenvalue weighted by molar-refractivity contribution is 6.04. The molecule has 0 saturated heterocycles. The largest absolute Gasteiger partial charge is 0.491 e. The summed E-state index contributed by atoms with van der Waals surface area (Å²) in [6, 6.07) is 17.2. The first-order valence-electron chi connectivity index (χ1n) is 9.43. The zero-order chi connectivity index (χ0) is 19.9. The summed E-state index contributed by atoms with van der Waals surface area (Å²) in [7, 11) is 0. The highest BCUT2D eigenvalue weighted by atomic mass is 16.5. The van der Waals surface area contributed by atoms with Crippen molar-refractivity contribution in [2.75, 3.05) is 10.6 Å². The summed E-state index contributed by atoms with van der Waals surface area (Å²) >= 11 is 0. The summed E-state index contributed by atoms with van der Waals surface area (Å²) in [5.41, 5.74) is 4.19. The molecule has 0 fully saturated rings. The first-order chi connectivity index (χ1) is 13.5. The Balaban J connectivity index is 1.70. The van der Waals surface area contributed by atoms with E-state index in [1.807, 2.05) is 56.3 Å². The number of hydrogen-bond acceptors (Lipinski definition) is 4. The molecule has 3 rings (SSSR count). The minimum Gasteiger partial charge on any atom is -0.491 e. The lowest BCUT2D eigenvalue weighted by atomic mass is 10.1. The standard InChI is InChI=1S/C23H25N3O2/c1-4-17-7-5-6-8-22(17)25-20-13-18(14-24-15-20)23(27)26-19-9-11-21(12-10-19)28-16(2)3/h5-16,25H,4H2,1-3H3,(H,26,27). The molecule has 0 unspecified atom stereocenters. The summed E-state index contributed by atoms with van der Waals surface area (Å²) in [5, 5.41) is 6.24. The number of rotatable bonds is 7. The second-order valence-electron chi connectivity index (χ2n) is 6.74. The molecule has 0 saturated carbocycles. The van der Waals surface area contributed by atoms with E-state index < -0.39 is 0 Å². The van der Waals surface area contributed by atoms with Crippen LogP contribution in [0.4, 0.5) is 17.1 Å². The molecule has 0 bridgehead atoms. The average Bonchev–Trinajstić information content (AvgIpc) is 2.70. The van der Waals surface area contributed by atoms with Gasteiger partial charge in [-0.1, -0.05) is 25.1 Å². The van der Waals surface area contributed by atoms with Crippen molar-refractivity contribution in [1.29, 1.82) is 0 Å². The molecule has 0 aliphatic rings. The van der Waals surface area contributed by atoms with Gasteiger partial charge >= 0.3 is 0 Å². The third kappa shape index (κ3) is 5.10. The summed E-state index contributed by atoms with van der Waals surface area (Å²) in [5.74, 6) is 0.563. The number of ether oxygens (including phenoxy) is 1. The van der Waals surface area contributed by atoms with Crippen LogP contribution in [0.5, 0.6) is 5.75 Å². The molecular weight excluding hydrogens is 350 g/mol. The van der Waals surface area contributed by atoms with Gasteiger partial charge in [0.1, 0.15) is 5.75 Å². The van der Waals surface area contributed by atoms with Crippen molar-refractivity contribution < 1.29 is 9.53 Å². The van der Waals surface area contributed by atoms with Gasteiger partial charge in [0.2, 0.25) is 0 Å². The molecule has 0 aliphatic heterocycles. The van der Waals surface area contributed by atoms with E-state index in [1.54, 1.807) is 18.5 Å². The smallest absolute Gasteiger partial charge is 0.257 e. The van der Waals surface area contributed by atoms with Crippen molar-refractivity contribution in [3.63, 3.8) is 0 Å². The summed E-state index contributed by atoms with van der Waals surface area (Å²) in [4.78, 5) is 16.8. The summed E-state index contributed by atoms with van der Waals surface area (Å²) in [6.07, 6.45) is 4.30. The maximum atomic E-state index is 12.6. The predicted octanol–water partition coefficient (Wildman–Crippen LogP) is 5.43. The number of nitrogens with zero attached hydrogens (tertiary/aromatic N) is 1. The fourth-order valence-corrected chi connectivity index (χ4v) is 2.83. The number of nitrogens with one attached hydrogen (secondary N) is 2. The molecule has 2 N–H and O–H groups in total. The lowest BCUT2D eigenvalue weighted by Crippen LogP contribution is -2.12. The summed E-state index contributed by atoms with van der Waals surface area (Å²) in [6.45, 7) is 6.06. The molecular formula is C23H25N3O2. The predicted molar refractivity (Wildman–Crippen MR) is 113 cm³/mol. The van der Waals surface area contributed by atoms with Crippen molar-refractivity contribution in [2.24, 2.45) is 0 Å². The Bertz CT molecular complexity index is 937. The maximum absolute atomic E-state index is 12.6. The Morgan fingerprint density at radius 2 is 1.79 bits per heavy atom. The number of pyridine rings is 1. The van der Waals surface area contributed by atoms with Crippen molar-refractivity contribution in [3.8, 4) is 5.75 Å². The van der Waals surface area contributed by atoms with Gasteiger partial charge in [-0.25, -0.2) is 0 Å². The molecule has 0 radical (unpaired) electrons. The Hall–Kier alpha value is -3.34. The topological polar surface area (TPSA) is 63.2 Å². The van der Waals surface area contributed by atoms with E-state index in [1.165, 1.54) is 5.56 Å². The molecule has 28 heavy (non-hydrogen) atoms. The molecule has 144 valence electrons. The van der Waals surface area contributed by atoms with Crippen LogP contribution in [-0.4, -0.2) is 17.0 Å². The molecule has 1 heterocycles. The Kier molecular flexibility index (Phi) is 6.27. The zero-order valence-corrected chi connectivity index (χ0v) is 16.4. The van der Waals surface area contributed by atoms with E-state index in [0.29, 0.717) is 11.3 Å². The number of benzene rings is 2. The van der Waals surface area contributed by atoms with Crippen molar-refractivity contribution in [2.45, 2.75) is 33.3 Å².